The summed E-state index contributed by atoms with van der Waals surface area (Å²) in [7, 11) is 3.69. The minimum absolute atomic E-state index is 0.230. The molecule has 5 nitrogen and oxygen atoms in total. The van der Waals surface area contributed by atoms with Crippen LogP contribution in [-0.4, -0.2) is 36.5 Å². The number of oxazole rings is 1. The number of nitrogens with one attached hydrogen (secondary N) is 1. The fraction of sp³-hybridized carbons (Fsp3) is 0.273. The van der Waals surface area contributed by atoms with Crippen LogP contribution in [0.4, 0.5) is 4.39 Å². The maximum atomic E-state index is 13.0. The molecule has 146 valence electrons. The maximum Gasteiger partial charge on any atom is 0.226 e. The van der Waals surface area contributed by atoms with Gasteiger partial charge in [-0.15, -0.1) is 0 Å². The fourth-order valence-electron chi connectivity index (χ4n) is 2.88. The van der Waals surface area contributed by atoms with Crippen molar-refractivity contribution in [3.63, 3.8) is 0 Å². The molecule has 6 heteroatoms. The minimum atomic E-state index is -0.230. The van der Waals surface area contributed by atoms with Gasteiger partial charge in [0.15, 0.2) is 5.96 Å². The summed E-state index contributed by atoms with van der Waals surface area (Å²) in [5.41, 5.74) is 4.08. The molecule has 1 aromatic heterocycles. The highest BCUT2D eigenvalue weighted by Gasteiger charge is 2.09. The molecule has 0 aliphatic rings. The van der Waals surface area contributed by atoms with Gasteiger partial charge in [-0.05, 0) is 36.8 Å². The Morgan fingerprint density at radius 1 is 1.14 bits per heavy atom. The first kappa shape index (κ1) is 19.6. The summed E-state index contributed by atoms with van der Waals surface area (Å²) in [6, 6.07) is 14.6. The summed E-state index contributed by atoms with van der Waals surface area (Å²) in [4.78, 5) is 10.9. The van der Waals surface area contributed by atoms with Crippen molar-refractivity contribution in [1.82, 2.24) is 15.2 Å². The molecule has 3 aromatic rings. The molecule has 0 amide bonds. The van der Waals surface area contributed by atoms with Crippen molar-refractivity contribution in [1.29, 1.82) is 0 Å². The molecule has 0 saturated heterocycles. The minimum Gasteiger partial charge on any atom is -0.444 e. The number of aryl methyl sites for hydroxylation is 1. The van der Waals surface area contributed by atoms with Crippen molar-refractivity contribution < 1.29 is 8.81 Å². The Labute approximate surface area is 164 Å². The third kappa shape index (κ3) is 5.19. The molecule has 28 heavy (non-hydrogen) atoms. The van der Waals surface area contributed by atoms with Crippen molar-refractivity contribution in [3.05, 3.63) is 77.4 Å². The highest BCUT2D eigenvalue weighted by molar-refractivity contribution is 5.79. The van der Waals surface area contributed by atoms with Crippen LogP contribution in [0, 0.1) is 12.7 Å². The number of aromatic nitrogens is 1. The number of hydrogen-bond donors (Lipinski definition) is 1. The fourth-order valence-corrected chi connectivity index (χ4v) is 2.88. The van der Waals surface area contributed by atoms with Gasteiger partial charge in [-0.3, -0.25) is 4.99 Å². The average molecular weight is 380 g/mol. The summed E-state index contributed by atoms with van der Waals surface area (Å²) >= 11 is 0. The third-order valence-electron chi connectivity index (χ3n) is 4.42. The van der Waals surface area contributed by atoms with Gasteiger partial charge in [-0.2, -0.15) is 0 Å². The van der Waals surface area contributed by atoms with Crippen LogP contribution in [-0.2, 0) is 13.0 Å². The van der Waals surface area contributed by atoms with Gasteiger partial charge >= 0.3 is 0 Å². The van der Waals surface area contributed by atoms with Crippen LogP contribution in [0.25, 0.3) is 11.5 Å². The number of rotatable bonds is 6. The van der Waals surface area contributed by atoms with Crippen molar-refractivity contribution in [2.45, 2.75) is 19.9 Å². The van der Waals surface area contributed by atoms with Crippen molar-refractivity contribution in [2.75, 3.05) is 20.6 Å². The first-order valence-electron chi connectivity index (χ1n) is 9.23. The van der Waals surface area contributed by atoms with Gasteiger partial charge in [0.2, 0.25) is 5.89 Å². The highest BCUT2D eigenvalue weighted by atomic mass is 19.1. The van der Waals surface area contributed by atoms with E-state index in [1.165, 1.54) is 17.7 Å². The Morgan fingerprint density at radius 2 is 1.86 bits per heavy atom. The lowest BCUT2D eigenvalue weighted by atomic mass is 10.1. The quantitative estimate of drug-likeness (QED) is 0.518. The predicted octanol–water partition coefficient (Wildman–Crippen LogP) is 4.04. The van der Waals surface area contributed by atoms with E-state index < -0.39 is 0 Å². The number of nitrogens with zero attached hydrogens (tertiary/aromatic N) is 3. The Hall–Kier alpha value is -3.15. The van der Waals surface area contributed by atoms with Gasteiger partial charge < -0.3 is 14.6 Å². The zero-order valence-electron chi connectivity index (χ0n) is 16.4. The van der Waals surface area contributed by atoms with Crippen LogP contribution in [0.15, 0.2) is 64.2 Å². The topological polar surface area (TPSA) is 53.7 Å². The largest absolute Gasteiger partial charge is 0.444 e. The summed E-state index contributed by atoms with van der Waals surface area (Å²) in [5.74, 6) is 1.17. The molecule has 0 saturated carbocycles. The van der Waals surface area contributed by atoms with E-state index in [-0.39, 0.29) is 5.82 Å². The molecule has 0 aliphatic carbocycles. The van der Waals surface area contributed by atoms with Gasteiger partial charge in [0.25, 0.3) is 0 Å². The smallest absolute Gasteiger partial charge is 0.226 e. The second-order valence-electron chi connectivity index (χ2n) is 6.72. The van der Waals surface area contributed by atoms with Gasteiger partial charge in [0.05, 0.1) is 5.69 Å². The van der Waals surface area contributed by atoms with E-state index in [2.05, 4.69) is 22.2 Å². The number of benzene rings is 2. The van der Waals surface area contributed by atoms with Gasteiger partial charge in [-0.1, -0.05) is 29.8 Å². The van der Waals surface area contributed by atoms with E-state index >= 15 is 0 Å². The lowest BCUT2D eigenvalue weighted by Crippen LogP contribution is -2.39. The van der Waals surface area contributed by atoms with Crippen molar-refractivity contribution >= 4 is 5.96 Å². The van der Waals surface area contributed by atoms with Crippen LogP contribution >= 0.6 is 0 Å². The lowest BCUT2D eigenvalue weighted by molar-refractivity contribution is 0.476. The zero-order valence-corrected chi connectivity index (χ0v) is 16.4. The summed E-state index contributed by atoms with van der Waals surface area (Å²) < 4.78 is 18.6. The molecule has 0 fully saturated rings. The van der Waals surface area contributed by atoms with Crippen LogP contribution in [0.3, 0.4) is 0 Å². The van der Waals surface area contributed by atoms with E-state index in [0.717, 1.165) is 29.2 Å². The highest BCUT2D eigenvalue weighted by Crippen LogP contribution is 2.19. The standard InChI is InChI=1S/C22H25FN4O/c1-16-4-8-18(9-5-16)21-26-20(15-28-21)12-13-25-22(24-2)27(3)14-17-6-10-19(23)11-7-17/h4-11,15H,12-14H2,1-3H3,(H,24,25). The second kappa shape index (κ2) is 9.17. The number of aliphatic imine (C=N–C) groups is 1. The van der Waals surface area contributed by atoms with Gasteiger partial charge in [-0.25, -0.2) is 9.37 Å². The van der Waals surface area contributed by atoms with Crippen LogP contribution < -0.4 is 5.32 Å². The Balaban J connectivity index is 1.51. The molecule has 2 aromatic carbocycles. The molecule has 0 bridgehead atoms. The normalized spacial score (nSPS) is 11.5. The molecule has 0 atom stereocenters. The van der Waals surface area contributed by atoms with E-state index in [1.54, 1.807) is 25.4 Å². The molecule has 0 unspecified atom stereocenters. The lowest BCUT2D eigenvalue weighted by Gasteiger charge is -2.22. The first-order valence-corrected chi connectivity index (χ1v) is 9.23. The summed E-state index contributed by atoms with van der Waals surface area (Å²) in [6.07, 6.45) is 2.42. The number of hydrogen-bond acceptors (Lipinski definition) is 3. The van der Waals surface area contributed by atoms with Gasteiger partial charge in [0.1, 0.15) is 12.1 Å². The Bertz CT molecular complexity index is 916. The average Bonchev–Trinajstić information content (AvgIpc) is 3.16. The molecular weight excluding hydrogens is 355 g/mol. The first-order chi connectivity index (χ1) is 13.5. The molecular formula is C22H25FN4O. The van der Waals surface area contributed by atoms with Crippen LogP contribution in [0.5, 0.6) is 0 Å². The number of guanidine groups is 1. The molecule has 0 aliphatic heterocycles. The van der Waals surface area contributed by atoms with Crippen LogP contribution in [0.1, 0.15) is 16.8 Å². The third-order valence-corrected chi connectivity index (χ3v) is 4.42. The summed E-state index contributed by atoms with van der Waals surface area (Å²) in [6.45, 7) is 3.37. The van der Waals surface area contributed by atoms with E-state index in [9.17, 15) is 4.39 Å². The van der Waals surface area contributed by atoms with E-state index in [1.807, 2.05) is 36.2 Å². The molecule has 0 spiro atoms. The Morgan fingerprint density at radius 3 is 2.54 bits per heavy atom. The predicted molar refractivity (Wildman–Crippen MR) is 110 cm³/mol. The van der Waals surface area contributed by atoms with Gasteiger partial charge in [0, 0.05) is 39.2 Å². The van der Waals surface area contributed by atoms with Crippen molar-refractivity contribution in [2.24, 2.45) is 4.99 Å². The van der Waals surface area contributed by atoms with Crippen LogP contribution in [0.2, 0.25) is 0 Å². The SMILES string of the molecule is CN=C(NCCc1coc(-c2ccc(C)cc2)n1)N(C)Cc1ccc(F)cc1. The number of halogens is 1. The van der Waals surface area contributed by atoms with E-state index in [4.69, 9.17) is 4.42 Å². The molecule has 0 radical (unpaired) electrons. The van der Waals surface area contributed by atoms with E-state index in [0.29, 0.717) is 19.0 Å². The second-order valence-corrected chi connectivity index (χ2v) is 6.72. The Kier molecular flexibility index (Phi) is 6.42. The molecule has 1 N–H and O–H groups in total. The molecule has 3 rings (SSSR count). The molecule has 1 heterocycles. The van der Waals surface area contributed by atoms with Crippen molar-refractivity contribution in [3.8, 4) is 11.5 Å². The summed E-state index contributed by atoms with van der Waals surface area (Å²) in [5, 5.41) is 3.33. The monoisotopic (exact) mass is 380 g/mol. The zero-order chi connectivity index (χ0) is 19.9. The maximum absolute atomic E-state index is 13.0.